The van der Waals surface area contributed by atoms with Gasteiger partial charge < -0.3 is 26.4 Å². The molecule has 0 heterocycles. The van der Waals surface area contributed by atoms with Crippen LogP contribution in [0.2, 0.25) is 0 Å². The number of nitrogens with one attached hydrogen (secondary N) is 1. The molecule has 0 fully saturated rings. The van der Waals surface area contributed by atoms with Crippen molar-refractivity contribution in [2.75, 3.05) is 13.1 Å². The van der Waals surface area contributed by atoms with Gasteiger partial charge in [-0.15, -0.1) is 0 Å². The maximum Gasteiger partial charge on any atom is 0.332 e. The minimum atomic E-state index is -1.50. The highest BCUT2D eigenvalue weighted by molar-refractivity contribution is 5.80. The molecule has 1 amide bonds. The number of rotatable bonds is 7. The molecule has 0 aromatic heterocycles. The van der Waals surface area contributed by atoms with Crippen LogP contribution in [-0.4, -0.2) is 52.5 Å². The Morgan fingerprint density at radius 1 is 1.20 bits per heavy atom. The predicted molar refractivity (Wildman–Crippen MR) is 50.9 cm³/mol. The molecule has 0 saturated heterocycles. The number of carboxylic acids is 1. The zero-order chi connectivity index (χ0) is 11.8. The summed E-state index contributed by atoms with van der Waals surface area (Å²) in [4.78, 5) is 21.2. The second-order valence-electron chi connectivity index (χ2n) is 3.03. The molecule has 15 heavy (non-hydrogen) atoms. The van der Waals surface area contributed by atoms with Crippen LogP contribution in [0, 0.1) is 0 Å². The Bertz CT molecular complexity index is 221. The summed E-state index contributed by atoms with van der Waals surface area (Å²) in [6, 6.07) is 0. The lowest BCUT2D eigenvalue weighted by Gasteiger charge is -2.10. The Morgan fingerprint density at radius 3 is 2.27 bits per heavy atom. The van der Waals surface area contributed by atoms with Crippen molar-refractivity contribution in [3.8, 4) is 0 Å². The summed E-state index contributed by atoms with van der Waals surface area (Å²) >= 11 is 0. The van der Waals surface area contributed by atoms with Gasteiger partial charge in [0.25, 0.3) is 0 Å². The van der Waals surface area contributed by atoms with E-state index in [1.807, 2.05) is 0 Å². The number of aliphatic hydroxyl groups excluding tert-OH is 2. The lowest BCUT2D eigenvalue weighted by molar-refractivity contribution is -0.147. The van der Waals surface area contributed by atoms with Gasteiger partial charge in [0, 0.05) is 13.0 Å². The van der Waals surface area contributed by atoms with Gasteiger partial charge in [-0.3, -0.25) is 4.79 Å². The minimum Gasteiger partial charge on any atom is -0.479 e. The SMILES string of the molecule is NCC[C@H](O)C(=O)NCC[C@H](O)C(=O)O. The van der Waals surface area contributed by atoms with Crippen LogP contribution in [0.4, 0.5) is 0 Å². The number of aliphatic hydroxyl groups is 2. The van der Waals surface area contributed by atoms with Crippen molar-refractivity contribution in [1.29, 1.82) is 0 Å². The minimum absolute atomic E-state index is 0.00602. The molecule has 0 aromatic carbocycles. The van der Waals surface area contributed by atoms with Crippen LogP contribution in [0.5, 0.6) is 0 Å². The lowest BCUT2D eigenvalue weighted by atomic mass is 10.2. The number of aliphatic carboxylic acids is 1. The van der Waals surface area contributed by atoms with Crippen LogP contribution in [0.3, 0.4) is 0 Å². The van der Waals surface area contributed by atoms with Crippen LogP contribution in [-0.2, 0) is 9.59 Å². The summed E-state index contributed by atoms with van der Waals surface area (Å²) in [6.45, 7) is 0.181. The van der Waals surface area contributed by atoms with Crippen molar-refractivity contribution in [3.05, 3.63) is 0 Å². The molecule has 0 radical (unpaired) electrons. The van der Waals surface area contributed by atoms with Crippen molar-refractivity contribution in [3.63, 3.8) is 0 Å². The maximum absolute atomic E-state index is 11.0. The smallest absolute Gasteiger partial charge is 0.332 e. The normalized spacial score (nSPS) is 14.3. The summed E-state index contributed by atoms with van der Waals surface area (Å²) < 4.78 is 0. The molecule has 0 saturated carbocycles. The molecule has 7 nitrogen and oxygen atoms in total. The summed E-state index contributed by atoms with van der Waals surface area (Å²) in [5.41, 5.74) is 5.13. The molecular weight excluding hydrogens is 204 g/mol. The number of carbonyl (C=O) groups excluding carboxylic acids is 1. The Hall–Kier alpha value is -1.18. The van der Waals surface area contributed by atoms with Crippen LogP contribution >= 0.6 is 0 Å². The van der Waals surface area contributed by atoms with E-state index in [0.29, 0.717) is 0 Å². The molecule has 0 bridgehead atoms. The molecule has 2 atom stereocenters. The van der Waals surface area contributed by atoms with Gasteiger partial charge in [-0.05, 0) is 13.0 Å². The monoisotopic (exact) mass is 220 g/mol. The summed E-state index contributed by atoms with van der Waals surface area (Å²) in [6.07, 6.45) is -2.64. The molecule has 0 aromatic rings. The van der Waals surface area contributed by atoms with Gasteiger partial charge in [-0.25, -0.2) is 4.79 Å². The van der Waals surface area contributed by atoms with E-state index < -0.39 is 24.1 Å². The zero-order valence-corrected chi connectivity index (χ0v) is 8.22. The van der Waals surface area contributed by atoms with E-state index in [0.717, 1.165) is 0 Å². The van der Waals surface area contributed by atoms with Gasteiger partial charge in [0.2, 0.25) is 5.91 Å². The van der Waals surface area contributed by atoms with Crippen LogP contribution in [0.1, 0.15) is 12.8 Å². The fraction of sp³-hybridized carbons (Fsp3) is 0.750. The van der Waals surface area contributed by atoms with Crippen LogP contribution in [0.25, 0.3) is 0 Å². The number of carbonyl (C=O) groups is 2. The number of nitrogens with two attached hydrogens (primary N) is 1. The molecule has 0 aliphatic carbocycles. The molecule has 6 N–H and O–H groups in total. The van der Waals surface area contributed by atoms with E-state index >= 15 is 0 Å². The Morgan fingerprint density at radius 2 is 1.80 bits per heavy atom. The first-order valence-electron chi connectivity index (χ1n) is 4.55. The molecule has 0 unspecified atom stereocenters. The van der Waals surface area contributed by atoms with Gasteiger partial charge in [-0.1, -0.05) is 0 Å². The van der Waals surface area contributed by atoms with Crippen LogP contribution < -0.4 is 11.1 Å². The van der Waals surface area contributed by atoms with Crippen molar-refractivity contribution >= 4 is 11.9 Å². The Kier molecular flexibility index (Phi) is 6.59. The first kappa shape index (κ1) is 13.8. The molecule has 88 valence electrons. The topological polar surface area (TPSA) is 133 Å². The Labute approximate surface area is 86.9 Å². The first-order valence-corrected chi connectivity index (χ1v) is 4.55. The molecule has 0 aliphatic heterocycles. The fourth-order valence-corrected chi connectivity index (χ4v) is 0.862. The van der Waals surface area contributed by atoms with Crippen molar-refractivity contribution in [2.45, 2.75) is 25.0 Å². The van der Waals surface area contributed by atoms with Crippen molar-refractivity contribution in [2.24, 2.45) is 5.73 Å². The van der Waals surface area contributed by atoms with Gasteiger partial charge in [0.05, 0.1) is 0 Å². The van der Waals surface area contributed by atoms with E-state index in [2.05, 4.69) is 5.32 Å². The number of hydrogen-bond acceptors (Lipinski definition) is 5. The van der Waals surface area contributed by atoms with Gasteiger partial charge in [0.15, 0.2) is 6.10 Å². The predicted octanol–water partition coefficient (Wildman–Crippen LogP) is -2.35. The van der Waals surface area contributed by atoms with E-state index in [1.165, 1.54) is 0 Å². The second-order valence-corrected chi connectivity index (χ2v) is 3.03. The molecule has 0 spiro atoms. The average Bonchev–Trinajstić information content (AvgIpc) is 2.17. The second kappa shape index (κ2) is 7.16. The highest BCUT2D eigenvalue weighted by Gasteiger charge is 2.16. The fourth-order valence-electron chi connectivity index (χ4n) is 0.862. The maximum atomic E-state index is 11.0. The van der Waals surface area contributed by atoms with Gasteiger partial charge in [0.1, 0.15) is 6.10 Å². The van der Waals surface area contributed by atoms with Gasteiger partial charge >= 0.3 is 5.97 Å². The third kappa shape index (κ3) is 6.00. The van der Waals surface area contributed by atoms with Crippen molar-refractivity contribution < 1.29 is 24.9 Å². The molecule has 7 heteroatoms. The first-order chi connectivity index (χ1) is 6.99. The van der Waals surface area contributed by atoms with Crippen molar-refractivity contribution in [1.82, 2.24) is 5.32 Å². The summed E-state index contributed by atoms with van der Waals surface area (Å²) in [5, 5.41) is 28.6. The summed E-state index contributed by atoms with van der Waals surface area (Å²) in [7, 11) is 0. The summed E-state index contributed by atoms with van der Waals surface area (Å²) in [5.74, 6) is -1.95. The number of amides is 1. The number of carboxylic acid groups (broad SMARTS) is 1. The average molecular weight is 220 g/mol. The molecule has 0 aliphatic rings. The molecule has 0 rings (SSSR count). The van der Waals surface area contributed by atoms with E-state index in [9.17, 15) is 9.59 Å². The zero-order valence-electron chi connectivity index (χ0n) is 8.22. The largest absolute Gasteiger partial charge is 0.479 e. The third-order valence-electron chi connectivity index (χ3n) is 1.74. The van der Waals surface area contributed by atoms with Crippen LogP contribution in [0.15, 0.2) is 0 Å². The highest BCUT2D eigenvalue weighted by Crippen LogP contribution is 1.92. The quantitative estimate of drug-likeness (QED) is 0.326. The van der Waals surface area contributed by atoms with Gasteiger partial charge in [-0.2, -0.15) is 0 Å². The third-order valence-corrected chi connectivity index (χ3v) is 1.74. The highest BCUT2D eigenvalue weighted by atomic mass is 16.4. The Balaban J connectivity index is 3.67. The number of hydrogen-bond donors (Lipinski definition) is 5. The standard InChI is InChI=1S/C8H16N2O5/c9-3-1-5(11)7(13)10-4-2-6(12)8(14)15/h5-6,11-12H,1-4,9H2,(H,10,13)(H,14,15)/t5-,6-/m0/s1. The van der Waals surface area contributed by atoms with E-state index in [4.69, 9.17) is 21.1 Å². The van der Waals surface area contributed by atoms with E-state index in [-0.39, 0.29) is 25.9 Å². The molecular formula is C8H16N2O5. The lowest BCUT2D eigenvalue weighted by Crippen LogP contribution is -2.38. The van der Waals surface area contributed by atoms with E-state index in [1.54, 1.807) is 0 Å².